The minimum atomic E-state index is -0.0892. The van der Waals surface area contributed by atoms with Gasteiger partial charge in [0.1, 0.15) is 5.75 Å². The highest BCUT2D eigenvalue weighted by Crippen LogP contribution is 2.39. The summed E-state index contributed by atoms with van der Waals surface area (Å²) in [7, 11) is 0. The van der Waals surface area contributed by atoms with Gasteiger partial charge in [-0.15, -0.1) is 0 Å². The largest absolute Gasteiger partial charge is 0.492 e. The molecular formula is C17H18INO. The Morgan fingerprint density at radius 2 is 1.75 bits per heavy atom. The van der Waals surface area contributed by atoms with Crippen molar-refractivity contribution in [2.45, 2.75) is 25.3 Å². The molecule has 2 N–H and O–H groups in total. The van der Waals surface area contributed by atoms with Gasteiger partial charge < -0.3 is 10.5 Å². The number of benzene rings is 2. The van der Waals surface area contributed by atoms with E-state index in [1.54, 1.807) is 0 Å². The van der Waals surface area contributed by atoms with E-state index in [1.807, 2.05) is 6.07 Å². The van der Waals surface area contributed by atoms with Gasteiger partial charge in [0.15, 0.2) is 0 Å². The predicted molar refractivity (Wildman–Crippen MR) is 90.2 cm³/mol. The quantitative estimate of drug-likeness (QED) is 0.801. The van der Waals surface area contributed by atoms with Crippen LogP contribution in [0.1, 0.15) is 36.6 Å². The van der Waals surface area contributed by atoms with Crippen LogP contribution in [-0.2, 0) is 5.41 Å². The van der Waals surface area contributed by atoms with E-state index < -0.39 is 0 Å². The molecule has 2 nitrogen and oxygen atoms in total. The van der Waals surface area contributed by atoms with E-state index >= 15 is 0 Å². The summed E-state index contributed by atoms with van der Waals surface area (Å²) < 4.78 is 6.95. The van der Waals surface area contributed by atoms with Crippen LogP contribution in [0, 0.1) is 3.57 Å². The average molecular weight is 379 g/mol. The second-order valence-electron chi connectivity index (χ2n) is 5.96. The molecule has 1 unspecified atom stereocenters. The lowest BCUT2D eigenvalue weighted by molar-refractivity contribution is 0.291. The van der Waals surface area contributed by atoms with E-state index in [0.717, 1.165) is 23.5 Å². The number of ether oxygens (including phenoxy) is 1. The first-order valence-electron chi connectivity index (χ1n) is 6.76. The van der Waals surface area contributed by atoms with E-state index in [1.165, 1.54) is 9.13 Å². The van der Waals surface area contributed by atoms with Gasteiger partial charge in [-0.3, -0.25) is 0 Å². The van der Waals surface area contributed by atoms with Gasteiger partial charge >= 0.3 is 0 Å². The van der Waals surface area contributed by atoms with Crippen LogP contribution in [0.2, 0.25) is 0 Å². The third kappa shape index (κ3) is 2.44. The fourth-order valence-electron chi connectivity index (χ4n) is 2.59. The van der Waals surface area contributed by atoms with Gasteiger partial charge in [-0.05, 0) is 58.0 Å². The van der Waals surface area contributed by atoms with Crippen molar-refractivity contribution in [3.05, 3.63) is 62.7 Å². The molecule has 2 aromatic carbocycles. The van der Waals surface area contributed by atoms with Crippen LogP contribution in [0.5, 0.6) is 5.75 Å². The lowest BCUT2D eigenvalue weighted by atomic mass is 9.85. The van der Waals surface area contributed by atoms with Gasteiger partial charge in [-0.1, -0.05) is 32.0 Å². The van der Waals surface area contributed by atoms with Crippen LogP contribution in [0.3, 0.4) is 0 Å². The van der Waals surface area contributed by atoms with E-state index in [9.17, 15) is 0 Å². The Morgan fingerprint density at radius 3 is 2.45 bits per heavy atom. The lowest BCUT2D eigenvalue weighted by Crippen LogP contribution is -2.19. The molecule has 0 fully saturated rings. The highest BCUT2D eigenvalue weighted by atomic mass is 127. The Hall–Kier alpha value is -1.07. The molecule has 1 aliphatic rings. The Morgan fingerprint density at radius 1 is 1.10 bits per heavy atom. The molecule has 0 radical (unpaired) electrons. The summed E-state index contributed by atoms with van der Waals surface area (Å²) in [6, 6.07) is 14.6. The van der Waals surface area contributed by atoms with Crippen molar-refractivity contribution in [3.63, 3.8) is 0 Å². The summed E-state index contributed by atoms with van der Waals surface area (Å²) >= 11 is 2.31. The molecule has 0 amide bonds. The van der Waals surface area contributed by atoms with E-state index in [4.69, 9.17) is 10.5 Å². The van der Waals surface area contributed by atoms with E-state index in [0.29, 0.717) is 0 Å². The zero-order valence-electron chi connectivity index (χ0n) is 11.7. The molecule has 104 valence electrons. The van der Waals surface area contributed by atoms with Gasteiger partial charge in [0, 0.05) is 14.5 Å². The molecule has 1 heterocycles. The molecule has 0 aromatic heterocycles. The molecule has 1 atom stereocenters. The van der Waals surface area contributed by atoms with Crippen LogP contribution in [0.15, 0.2) is 42.5 Å². The summed E-state index contributed by atoms with van der Waals surface area (Å²) in [6.45, 7) is 5.16. The molecule has 0 saturated heterocycles. The van der Waals surface area contributed by atoms with Gasteiger partial charge in [0.25, 0.3) is 0 Å². The number of fused-ring (bicyclic) bond motifs is 1. The van der Waals surface area contributed by atoms with Gasteiger partial charge in [-0.2, -0.15) is 0 Å². The highest BCUT2D eigenvalue weighted by Gasteiger charge is 2.32. The summed E-state index contributed by atoms with van der Waals surface area (Å²) in [5.74, 6) is 0.994. The normalized spacial score (nSPS) is 17.4. The van der Waals surface area contributed by atoms with Crippen molar-refractivity contribution >= 4 is 22.6 Å². The fourth-order valence-corrected chi connectivity index (χ4v) is 2.95. The monoisotopic (exact) mass is 379 g/mol. The molecule has 3 heteroatoms. The smallest absolute Gasteiger partial charge is 0.123 e. The summed E-state index contributed by atoms with van der Waals surface area (Å²) in [6.07, 6.45) is 0. The number of nitrogens with two attached hydrogens (primary N) is 1. The average Bonchev–Trinajstić information content (AvgIpc) is 2.74. The maximum atomic E-state index is 6.41. The first kappa shape index (κ1) is 13.9. The van der Waals surface area contributed by atoms with E-state index in [-0.39, 0.29) is 11.5 Å². The molecule has 3 rings (SSSR count). The molecule has 2 aromatic rings. The van der Waals surface area contributed by atoms with Gasteiger partial charge in [-0.25, -0.2) is 0 Å². The van der Waals surface area contributed by atoms with Crippen molar-refractivity contribution < 1.29 is 4.74 Å². The Kier molecular flexibility index (Phi) is 3.50. The molecule has 0 spiro atoms. The third-order valence-electron chi connectivity index (χ3n) is 3.91. The van der Waals surface area contributed by atoms with Crippen LogP contribution in [0.25, 0.3) is 0 Å². The topological polar surface area (TPSA) is 35.2 Å². The van der Waals surface area contributed by atoms with Crippen LogP contribution >= 0.6 is 22.6 Å². The van der Waals surface area contributed by atoms with E-state index in [2.05, 4.69) is 72.8 Å². The first-order chi connectivity index (χ1) is 9.47. The zero-order valence-corrected chi connectivity index (χ0v) is 13.8. The predicted octanol–water partition coefficient (Wildman–Crippen LogP) is 4.01. The molecule has 1 aliphatic heterocycles. The molecular weight excluding hydrogens is 361 g/mol. The zero-order chi connectivity index (χ0) is 14.3. The Bertz CT molecular complexity index is 634. The minimum Gasteiger partial charge on any atom is -0.492 e. The molecule has 0 saturated carbocycles. The fraction of sp³-hybridized carbons (Fsp3) is 0.294. The number of hydrogen-bond donors (Lipinski definition) is 1. The minimum absolute atomic E-state index is 0.0666. The maximum Gasteiger partial charge on any atom is 0.123 e. The highest BCUT2D eigenvalue weighted by molar-refractivity contribution is 14.1. The number of halogens is 1. The van der Waals surface area contributed by atoms with Crippen molar-refractivity contribution in [2.24, 2.45) is 5.73 Å². The standard InChI is InChI=1S/C17H18INO/c1-17(2)10-20-15-8-5-12(9-14(15)17)16(19)11-3-6-13(18)7-4-11/h3-9,16H,10,19H2,1-2H3. The third-order valence-corrected chi connectivity index (χ3v) is 4.63. The molecule has 20 heavy (non-hydrogen) atoms. The SMILES string of the molecule is CC1(C)COc2ccc(C(N)c3ccc(I)cc3)cc21. The summed E-state index contributed by atoms with van der Waals surface area (Å²) in [5, 5.41) is 0. The van der Waals surface area contributed by atoms with Crippen LogP contribution in [0.4, 0.5) is 0 Å². The molecule has 0 aliphatic carbocycles. The maximum absolute atomic E-state index is 6.41. The second-order valence-corrected chi connectivity index (χ2v) is 7.20. The second kappa shape index (κ2) is 5.04. The first-order valence-corrected chi connectivity index (χ1v) is 7.83. The van der Waals surface area contributed by atoms with Crippen molar-refractivity contribution in [1.82, 2.24) is 0 Å². The van der Waals surface area contributed by atoms with Crippen LogP contribution < -0.4 is 10.5 Å². The summed E-state index contributed by atoms with van der Waals surface area (Å²) in [5.41, 5.74) is 10.0. The van der Waals surface area contributed by atoms with Crippen molar-refractivity contribution in [2.75, 3.05) is 6.61 Å². The lowest BCUT2D eigenvalue weighted by Gasteiger charge is -2.18. The Labute approximate surface area is 133 Å². The number of rotatable bonds is 2. The van der Waals surface area contributed by atoms with Crippen molar-refractivity contribution in [1.29, 1.82) is 0 Å². The van der Waals surface area contributed by atoms with Crippen molar-refractivity contribution in [3.8, 4) is 5.75 Å². The molecule has 0 bridgehead atoms. The van der Waals surface area contributed by atoms with Crippen LogP contribution in [-0.4, -0.2) is 6.61 Å². The Balaban J connectivity index is 1.97. The van der Waals surface area contributed by atoms with Gasteiger partial charge in [0.2, 0.25) is 0 Å². The van der Waals surface area contributed by atoms with Gasteiger partial charge in [0.05, 0.1) is 12.6 Å². The number of hydrogen-bond acceptors (Lipinski definition) is 2. The summed E-state index contributed by atoms with van der Waals surface area (Å²) in [4.78, 5) is 0.